The van der Waals surface area contributed by atoms with E-state index < -0.39 is 6.61 Å². The van der Waals surface area contributed by atoms with E-state index in [0.717, 1.165) is 5.56 Å². The molecule has 0 spiro atoms. The summed E-state index contributed by atoms with van der Waals surface area (Å²) in [5.74, 6) is 0.695. The molecule has 156 valence electrons. The molecule has 2 aromatic carbocycles. The highest BCUT2D eigenvalue weighted by Crippen LogP contribution is 2.31. The van der Waals surface area contributed by atoms with Crippen LogP contribution >= 0.6 is 23.4 Å². The topological polar surface area (TPSA) is 51.1 Å². The van der Waals surface area contributed by atoms with E-state index in [9.17, 15) is 13.6 Å². The van der Waals surface area contributed by atoms with Gasteiger partial charge in [0.2, 0.25) is 0 Å². The number of ether oxygens (including phenoxy) is 2. The van der Waals surface area contributed by atoms with Gasteiger partial charge in [-0.1, -0.05) is 42.1 Å². The predicted octanol–water partition coefficient (Wildman–Crippen LogP) is 5.53. The summed E-state index contributed by atoms with van der Waals surface area (Å²) in [5.41, 5.74) is 1.47. The first-order chi connectivity index (χ1) is 14.4. The fourth-order valence-electron chi connectivity index (χ4n) is 2.60. The molecule has 0 unspecified atom stereocenters. The highest BCUT2D eigenvalue weighted by molar-refractivity contribution is 8.14. The average Bonchev–Trinajstić information content (AvgIpc) is 3.02. The maximum absolute atomic E-state index is 13.0. The molecule has 0 saturated carbocycles. The quantitative estimate of drug-likeness (QED) is 0.521. The molecule has 0 N–H and O–H groups in total. The third-order valence-electron chi connectivity index (χ3n) is 3.93. The Kier molecular flexibility index (Phi) is 7.12. The van der Waals surface area contributed by atoms with E-state index in [1.54, 1.807) is 37.5 Å². The van der Waals surface area contributed by atoms with Crippen molar-refractivity contribution in [2.24, 2.45) is 4.99 Å². The Morgan fingerprint density at radius 3 is 2.40 bits per heavy atom. The fraction of sp³-hybridized carbons (Fsp3) is 0.143. The zero-order valence-corrected chi connectivity index (χ0v) is 17.4. The van der Waals surface area contributed by atoms with Crippen LogP contribution in [0.2, 0.25) is 0 Å². The minimum Gasteiger partial charge on any atom is -0.497 e. The summed E-state index contributed by atoms with van der Waals surface area (Å²) in [6, 6.07) is 12.9. The van der Waals surface area contributed by atoms with Crippen molar-refractivity contribution in [1.29, 1.82) is 0 Å². The van der Waals surface area contributed by atoms with Crippen LogP contribution in [0.4, 0.5) is 14.5 Å². The fourth-order valence-corrected chi connectivity index (χ4v) is 3.53. The van der Waals surface area contributed by atoms with E-state index in [-0.39, 0.29) is 17.4 Å². The summed E-state index contributed by atoms with van der Waals surface area (Å²) in [6.45, 7) is 0.722. The third-order valence-corrected chi connectivity index (χ3v) is 5.24. The highest BCUT2D eigenvalue weighted by Gasteiger charge is 2.32. The van der Waals surface area contributed by atoms with Gasteiger partial charge in [0, 0.05) is 10.8 Å². The predicted molar refractivity (Wildman–Crippen MR) is 116 cm³/mol. The van der Waals surface area contributed by atoms with Gasteiger partial charge in [-0.3, -0.25) is 9.69 Å². The molecule has 2 aromatic rings. The monoisotopic (exact) mass is 450 g/mol. The standard InChI is InChI=1S/C21H17ClF2N2O3S/c1-13(22)12-30-21-25-18(11-14-3-7-16(28-2)8-4-14)19(27)26(21)15-5-9-17(10-6-15)29-20(23)24/h3-11,20H,1,12H2,2H3/b18-11-. The number of carbonyl (C=O) groups excluding carboxylic acids is 1. The SMILES string of the molecule is C=C(Cl)CSC1=N/C(=C\c2ccc(OC)cc2)C(=O)N1c1ccc(OC(F)F)cc1. The second kappa shape index (κ2) is 9.77. The van der Waals surface area contributed by atoms with Crippen molar-refractivity contribution in [3.8, 4) is 11.5 Å². The first kappa shape index (κ1) is 21.9. The number of aliphatic imine (C=N–C) groups is 1. The molecule has 0 aromatic heterocycles. The number of anilines is 1. The molecule has 1 aliphatic heterocycles. The maximum Gasteiger partial charge on any atom is 0.387 e. The molecule has 0 saturated heterocycles. The van der Waals surface area contributed by atoms with E-state index in [4.69, 9.17) is 16.3 Å². The van der Waals surface area contributed by atoms with Crippen LogP contribution in [0.15, 0.2) is 70.8 Å². The van der Waals surface area contributed by atoms with E-state index in [2.05, 4.69) is 16.3 Å². The summed E-state index contributed by atoms with van der Waals surface area (Å²) in [6.07, 6.45) is 1.66. The number of methoxy groups -OCH3 is 1. The molecule has 30 heavy (non-hydrogen) atoms. The minimum atomic E-state index is -2.93. The summed E-state index contributed by atoms with van der Waals surface area (Å²) < 4.78 is 34.3. The van der Waals surface area contributed by atoms with Gasteiger partial charge in [0.1, 0.15) is 17.2 Å². The Labute approximate surface area is 181 Å². The van der Waals surface area contributed by atoms with Gasteiger partial charge >= 0.3 is 6.61 Å². The number of carbonyl (C=O) groups is 1. The Morgan fingerprint density at radius 2 is 1.83 bits per heavy atom. The normalized spacial score (nSPS) is 15.0. The molecule has 5 nitrogen and oxygen atoms in total. The number of nitrogens with zero attached hydrogens (tertiary/aromatic N) is 2. The van der Waals surface area contributed by atoms with Crippen molar-refractivity contribution in [2.45, 2.75) is 6.61 Å². The Balaban J connectivity index is 1.90. The number of hydrogen-bond donors (Lipinski definition) is 0. The maximum atomic E-state index is 13.0. The molecule has 1 heterocycles. The van der Waals surface area contributed by atoms with Crippen molar-refractivity contribution in [2.75, 3.05) is 17.8 Å². The van der Waals surface area contributed by atoms with Gasteiger partial charge in [-0.2, -0.15) is 8.78 Å². The van der Waals surface area contributed by atoms with Crippen LogP contribution in [0.1, 0.15) is 5.56 Å². The molecule has 0 fully saturated rings. The van der Waals surface area contributed by atoms with Crippen LogP contribution in [0.5, 0.6) is 11.5 Å². The van der Waals surface area contributed by atoms with Gasteiger partial charge in [-0.05, 0) is 48.0 Å². The van der Waals surface area contributed by atoms with Gasteiger partial charge in [-0.25, -0.2) is 4.99 Å². The van der Waals surface area contributed by atoms with Crippen LogP contribution in [0, 0.1) is 0 Å². The first-order valence-electron chi connectivity index (χ1n) is 8.67. The second-order valence-corrected chi connectivity index (χ2v) is 7.49. The number of thioether (sulfide) groups is 1. The molecular formula is C21H17ClF2N2O3S. The van der Waals surface area contributed by atoms with Gasteiger partial charge in [0.05, 0.1) is 12.8 Å². The number of amides is 1. The van der Waals surface area contributed by atoms with Gasteiger partial charge in [0.25, 0.3) is 5.91 Å². The van der Waals surface area contributed by atoms with Gasteiger partial charge in [-0.15, -0.1) is 0 Å². The van der Waals surface area contributed by atoms with Crippen LogP contribution in [-0.4, -0.2) is 30.5 Å². The van der Waals surface area contributed by atoms with E-state index >= 15 is 0 Å². The molecule has 9 heteroatoms. The van der Waals surface area contributed by atoms with Gasteiger partial charge < -0.3 is 9.47 Å². The Hall–Kier alpha value is -2.84. The van der Waals surface area contributed by atoms with Crippen molar-refractivity contribution >= 4 is 46.2 Å². The summed E-state index contributed by atoms with van der Waals surface area (Å²) in [4.78, 5) is 18.9. The number of amidine groups is 1. The molecule has 1 aliphatic rings. The van der Waals surface area contributed by atoms with Gasteiger partial charge in [0.15, 0.2) is 5.17 Å². The molecular weight excluding hydrogens is 434 g/mol. The Bertz CT molecular complexity index is 992. The van der Waals surface area contributed by atoms with Crippen molar-refractivity contribution < 1.29 is 23.0 Å². The molecule has 0 radical (unpaired) electrons. The third kappa shape index (κ3) is 5.40. The molecule has 0 bridgehead atoms. The second-order valence-electron chi connectivity index (χ2n) is 6.02. The molecule has 0 aliphatic carbocycles. The summed E-state index contributed by atoms with van der Waals surface area (Å²) in [7, 11) is 1.57. The minimum absolute atomic E-state index is 0.00493. The number of hydrogen-bond acceptors (Lipinski definition) is 5. The molecule has 3 rings (SSSR count). The van der Waals surface area contributed by atoms with E-state index in [1.807, 2.05) is 0 Å². The summed E-state index contributed by atoms with van der Waals surface area (Å²) >= 11 is 7.11. The molecule has 0 atom stereocenters. The lowest BCUT2D eigenvalue weighted by molar-refractivity contribution is -0.113. The van der Waals surface area contributed by atoms with Crippen molar-refractivity contribution in [3.63, 3.8) is 0 Å². The zero-order chi connectivity index (χ0) is 21.7. The average molecular weight is 451 g/mol. The lowest BCUT2D eigenvalue weighted by Gasteiger charge is -2.18. The molecule has 1 amide bonds. The first-order valence-corrected chi connectivity index (χ1v) is 10.0. The largest absolute Gasteiger partial charge is 0.497 e. The Morgan fingerprint density at radius 1 is 1.20 bits per heavy atom. The lowest BCUT2D eigenvalue weighted by Crippen LogP contribution is -2.30. The number of alkyl halides is 2. The van der Waals surface area contributed by atoms with E-state index in [0.29, 0.717) is 27.4 Å². The van der Waals surface area contributed by atoms with Crippen molar-refractivity contribution in [1.82, 2.24) is 0 Å². The smallest absolute Gasteiger partial charge is 0.387 e. The van der Waals surface area contributed by atoms with Crippen LogP contribution in [-0.2, 0) is 4.79 Å². The van der Waals surface area contributed by atoms with E-state index in [1.165, 1.54) is 40.9 Å². The van der Waals surface area contributed by atoms with Crippen molar-refractivity contribution in [3.05, 3.63) is 71.4 Å². The van der Waals surface area contributed by atoms with Crippen LogP contribution in [0.25, 0.3) is 6.08 Å². The number of benzene rings is 2. The lowest BCUT2D eigenvalue weighted by atomic mass is 10.2. The van der Waals surface area contributed by atoms with Crippen LogP contribution in [0.3, 0.4) is 0 Å². The van der Waals surface area contributed by atoms with Crippen LogP contribution < -0.4 is 14.4 Å². The summed E-state index contributed by atoms with van der Waals surface area (Å²) in [5, 5.41) is 0.812. The highest BCUT2D eigenvalue weighted by atomic mass is 35.5. The number of halogens is 3. The number of rotatable bonds is 7. The zero-order valence-electron chi connectivity index (χ0n) is 15.8.